The van der Waals surface area contributed by atoms with Crippen molar-refractivity contribution < 1.29 is 5.11 Å². The number of nitrogens with zero attached hydrogens (tertiary/aromatic N) is 1. The first-order chi connectivity index (χ1) is 2.77. The molecule has 0 saturated carbocycles. The van der Waals surface area contributed by atoms with Crippen LogP contribution in [-0.2, 0) is 0 Å². The molecule has 0 aliphatic heterocycles. The first-order valence-electron chi connectivity index (χ1n) is 2.03. The van der Waals surface area contributed by atoms with Crippen LogP contribution in [0.5, 0.6) is 0 Å². The fourth-order valence-corrected chi connectivity index (χ4v) is 0.200. The zero-order chi connectivity index (χ0) is 4.99. The maximum atomic E-state index is 8.20. The number of hydrogen-bond donors (Lipinski definition) is 1. The van der Waals surface area contributed by atoms with Crippen molar-refractivity contribution in [3.05, 3.63) is 0 Å². The Labute approximate surface area is 64.7 Å². The third-order valence-electron chi connectivity index (χ3n) is 0.547. The van der Waals surface area contributed by atoms with Gasteiger partial charge in [-0.25, -0.2) is 0 Å². The van der Waals surface area contributed by atoms with E-state index in [0.717, 1.165) is 6.54 Å². The van der Waals surface area contributed by atoms with E-state index in [2.05, 4.69) is 0 Å². The summed E-state index contributed by atoms with van der Waals surface area (Å²) in [6.45, 7) is 1.02. The fraction of sp³-hybridized carbons (Fsp3) is 1.00. The Bertz CT molecular complexity index is 32.9. The van der Waals surface area contributed by atoms with Gasteiger partial charge in [0, 0.05) is 6.54 Å². The predicted octanol–water partition coefficient (Wildman–Crippen LogP) is -1.38. The van der Waals surface area contributed by atoms with Crippen molar-refractivity contribution in [3.8, 4) is 0 Å². The first-order valence-corrected chi connectivity index (χ1v) is 2.03. The average Bonchev–Trinajstić information content (AvgIpc) is 1.35. The van der Waals surface area contributed by atoms with Crippen molar-refractivity contribution in [1.82, 2.24) is 4.90 Å². The second-order valence-corrected chi connectivity index (χ2v) is 1.53. The Kier molecular flexibility index (Phi) is 10.5. The van der Waals surface area contributed by atoms with Crippen molar-refractivity contribution in [2.24, 2.45) is 0 Å². The second kappa shape index (κ2) is 6.84. The molecule has 0 heterocycles. The van der Waals surface area contributed by atoms with E-state index in [0.29, 0.717) is 0 Å². The van der Waals surface area contributed by atoms with Crippen LogP contribution in [0, 0.1) is 0 Å². The van der Waals surface area contributed by atoms with Crippen molar-refractivity contribution in [2.45, 2.75) is 0 Å². The van der Waals surface area contributed by atoms with E-state index >= 15 is 0 Å². The summed E-state index contributed by atoms with van der Waals surface area (Å²) < 4.78 is 0. The molecule has 0 aromatic heterocycles. The topological polar surface area (TPSA) is 23.5 Å². The minimum absolute atomic E-state index is 0. The van der Waals surface area contributed by atoms with Gasteiger partial charge in [-0.15, -0.1) is 0 Å². The van der Waals surface area contributed by atoms with E-state index in [1.165, 1.54) is 0 Å². The Morgan fingerprint density at radius 1 is 1.43 bits per heavy atom. The van der Waals surface area contributed by atoms with Crippen LogP contribution in [0.4, 0.5) is 0 Å². The third-order valence-corrected chi connectivity index (χ3v) is 0.547. The summed E-state index contributed by atoms with van der Waals surface area (Å²) in [4.78, 5) is 1.93. The van der Waals surface area contributed by atoms with E-state index < -0.39 is 0 Å². The number of likely N-dealkylation sites (N-methyl/N-ethyl adjacent to an activating group) is 1. The molecule has 0 atom stereocenters. The van der Waals surface area contributed by atoms with E-state index in [9.17, 15) is 0 Å². The summed E-state index contributed by atoms with van der Waals surface area (Å²) in [5.74, 6) is 0. The van der Waals surface area contributed by atoms with Crippen LogP contribution in [0.2, 0.25) is 0 Å². The number of rotatable bonds is 2. The van der Waals surface area contributed by atoms with Gasteiger partial charge in [0.05, 0.1) is 6.61 Å². The zero-order valence-electron chi connectivity index (χ0n) is 5.02. The predicted molar refractivity (Wildman–Crippen MR) is 34.2 cm³/mol. The maximum absolute atomic E-state index is 8.20. The van der Waals surface area contributed by atoms with E-state index in [1.807, 2.05) is 19.0 Å². The van der Waals surface area contributed by atoms with Crippen LogP contribution in [0.25, 0.3) is 0 Å². The van der Waals surface area contributed by atoms with Crippen LogP contribution in [0.3, 0.4) is 0 Å². The summed E-state index contributed by atoms with van der Waals surface area (Å²) >= 11 is 0. The van der Waals surface area contributed by atoms with E-state index in [1.54, 1.807) is 0 Å². The second-order valence-electron chi connectivity index (χ2n) is 1.53. The molecule has 0 aromatic carbocycles. The summed E-state index contributed by atoms with van der Waals surface area (Å²) in [7, 11) is 3.85. The molecule has 0 rings (SSSR count). The van der Waals surface area contributed by atoms with Gasteiger partial charge in [0.2, 0.25) is 0 Å². The molecule has 0 spiro atoms. The Morgan fingerprint density at radius 2 is 1.86 bits per heavy atom. The van der Waals surface area contributed by atoms with Crippen LogP contribution < -0.4 is 0 Å². The minimum atomic E-state index is 0. The molecule has 0 saturated heterocycles. The monoisotopic (exact) mass is 299 g/mol. The number of hydrogen-bond acceptors (Lipinski definition) is 2. The molecule has 0 aliphatic carbocycles. The molecule has 0 aliphatic rings. The fourth-order valence-electron chi connectivity index (χ4n) is 0.200. The van der Waals surface area contributed by atoms with Crippen molar-refractivity contribution in [3.63, 3.8) is 0 Å². The van der Waals surface area contributed by atoms with Gasteiger partial charge in [0.15, 0.2) is 0 Å². The third kappa shape index (κ3) is 10.9. The van der Waals surface area contributed by atoms with Gasteiger partial charge in [-0.3, -0.25) is 0 Å². The van der Waals surface area contributed by atoms with Crippen LogP contribution in [0.15, 0.2) is 0 Å². The average molecular weight is 298 g/mol. The Morgan fingerprint density at radius 3 is 1.86 bits per heavy atom. The molecule has 0 bridgehead atoms. The quantitative estimate of drug-likeness (QED) is 0.636. The normalized spacial score (nSPS) is 8.57. The molecule has 2 nitrogen and oxygen atoms in total. The van der Waals surface area contributed by atoms with Gasteiger partial charge in [0.1, 0.15) is 0 Å². The van der Waals surface area contributed by atoms with Crippen molar-refractivity contribution >= 4 is 27.3 Å². The molecular weight excluding hydrogens is 285 g/mol. The van der Waals surface area contributed by atoms with Gasteiger partial charge in [-0.1, -0.05) is 0 Å². The SMILES string of the molecule is CN(C)CCO.[PbH2]. The molecule has 1 N–H and O–H groups in total. The van der Waals surface area contributed by atoms with Gasteiger partial charge in [0.25, 0.3) is 0 Å². The molecule has 0 fully saturated rings. The van der Waals surface area contributed by atoms with E-state index in [-0.39, 0.29) is 33.9 Å². The molecular formula is C4H13NOPb. The summed E-state index contributed by atoms with van der Waals surface area (Å²) in [6, 6.07) is 0. The molecule has 7 heavy (non-hydrogen) atoms. The van der Waals surface area contributed by atoms with E-state index in [4.69, 9.17) is 5.11 Å². The molecule has 44 valence electrons. The summed E-state index contributed by atoms with van der Waals surface area (Å²) in [6.07, 6.45) is 0. The van der Waals surface area contributed by atoms with Gasteiger partial charge in [-0.2, -0.15) is 0 Å². The summed E-state index contributed by atoms with van der Waals surface area (Å²) in [5.41, 5.74) is 0. The molecule has 0 unspecified atom stereocenters. The van der Waals surface area contributed by atoms with Crippen molar-refractivity contribution in [1.29, 1.82) is 0 Å². The number of aliphatic hydroxyl groups excluding tert-OH is 1. The Hall–Kier alpha value is 0.842. The molecule has 2 radical (unpaired) electrons. The first kappa shape index (κ1) is 10.8. The number of aliphatic hydroxyl groups is 1. The van der Waals surface area contributed by atoms with Gasteiger partial charge < -0.3 is 10.0 Å². The van der Waals surface area contributed by atoms with Gasteiger partial charge in [-0.05, 0) is 14.1 Å². The molecule has 0 aromatic rings. The van der Waals surface area contributed by atoms with Gasteiger partial charge >= 0.3 is 27.3 Å². The summed E-state index contributed by atoms with van der Waals surface area (Å²) in [5, 5.41) is 8.20. The van der Waals surface area contributed by atoms with Crippen molar-refractivity contribution in [2.75, 3.05) is 27.2 Å². The van der Waals surface area contributed by atoms with Crippen LogP contribution in [-0.4, -0.2) is 64.6 Å². The van der Waals surface area contributed by atoms with Crippen LogP contribution in [0.1, 0.15) is 0 Å². The molecule has 0 amide bonds. The molecule has 3 heteroatoms. The zero-order valence-corrected chi connectivity index (χ0v) is 10.5. The standard InChI is InChI=1S/C4H11NO.Pb.2H/c1-5(2)3-4-6;;;/h6H,3-4H2,1-2H3;;;. The van der Waals surface area contributed by atoms with Crippen LogP contribution >= 0.6 is 0 Å². The Balaban J connectivity index is 0.